The van der Waals surface area contributed by atoms with E-state index in [2.05, 4.69) is 6.92 Å². The lowest BCUT2D eigenvalue weighted by Crippen LogP contribution is -2.06. The Balaban J connectivity index is 3.22. The van der Waals surface area contributed by atoms with E-state index in [9.17, 15) is 4.79 Å². The van der Waals surface area contributed by atoms with Crippen molar-refractivity contribution in [2.75, 3.05) is 27.9 Å². The van der Waals surface area contributed by atoms with Crippen molar-refractivity contribution in [3.05, 3.63) is 24.6 Å². The Bertz CT molecular complexity index is 375. The van der Waals surface area contributed by atoms with E-state index in [-0.39, 0.29) is 6.61 Å². The van der Waals surface area contributed by atoms with Gasteiger partial charge in [-0.2, -0.15) is 0 Å². The summed E-state index contributed by atoms with van der Waals surface area (Å²) in [6.45, 7) is 3.50. The first-order valence-corrected chi connectivity index (χ1v) is 4.94. The number of hydrogen-bond acceptors (Lipinski definition) is 5. The molecule has 0 fully saturated rings. The van der Waals surface area contributed by atoms with Gasteiger partial charge in [-0.1, -0.05) is 0 Å². The summed E-state index contributed by atoms with van der Waals surface area (Å²) in [7, 11) is 4.45. The monoisotopic (exact) mass is 239 g/mol. The van der Waals surface area contributed by atoms with Crippen LogP contribution in [0.2, 0.25) is 0 Å². The molecule has 1 rings (SSSR count). The molecule has 0 bridgehead atoms. The summed E-state index contributed by atoms with van der Waals surface area (Å²) in [5, 5.41) is 0. The molecule has 93 valence electrons. The Hall–Kier alpha value is -1.91. The maximum absolute atomic E-state index is 11.6. The largest absolute Gasteiger partial charge is 0.493 e. The highest BCUT2D eigenvalue weighted by atomic mass is 16.5. The fourth-order valence-corrected chi connectivity index (χ4v) is 1.37. The molecule has 1 radical (unpaired) electrons. The average Bonchev–Trinajstić information content (AvgIpc) is 2.37. The predicted octanol–water partition coefficient (Wildman–Crippen LogP) is 1.70. The van der Waals surface area contributed by atoms with Crippen molar-refractivity contribution in [1.29, 1.82) is 0 Å². The molecule has 1 aromatic carbocycles. The molecule has 0 saturated heterocycles. The van der Waals surface area contributed by atoms with Crippen LogP contribution < -0.4 is 14.2 Å². The van der Waals surface area contributed by atoms with E-state index >= 15 is 0 Å². The molecule has 0 spiro atoms. The van der Waals surface area contributed by atoms with Crippen LogP contribution in [0.3, 0.4) is 0 Å². The van der Waals surface area contributed by atoms with Gasteiger partial charge in [-0.15, -0.1) is 0 Å². The number of esters is 1. The summed E-state index contributed by atoms with van der Waals surface area (Å²) in [6, 6.07) is 3.05. The first kappa shape index (κ1) is 13.2. The molecule has 0 aliphatic rings. The molecule has 17 heavy (non-hydrogen) atoms. The first-order valence-electron chi connectivity index (χ1n) is 4.94. The van der Waals surface area contributed by atoms with Gasteiger partial charge in [0, 0.05) is 0 Å². The Kier molecular flexibility index (Phi) is 4.63. The third kappa shape index (κ3) is 2.81. The normalized spacial score (nSPS) is 9.65. The van der Waals surface area contributed by atoms with E-state index in [1.807, 2.05) is 0 Å². The first-order chi connectivity index (χ1) is 8.17. The molecule has 1 aromatic rings. The van der Waals surface area contributed by atoms with Gasteiger partial charge in [0.1, 0.15) is 0 Å². The van der Waals surface area contributed by atoms with Crippen molar-refractivity contribution >= 4 is 5.97 Å². The summed E-state index contributed by atoms with van der Waals surface area (Å²) in [6.07, 6.45) is 0. The van der Waals surface area contributed by atoms with Crippen LogP contribution in [0.1, 0.15) is 10.4 Å². The molecule has 0 aromatic heterocycles. The Morgan fingerprint density at radius 1 is 1.12 bits per heavy atom. The van der Waals surface area contributed by atoms with Gasteiger partial charge >= 0.3 is 5.97 Å². The highest BCUT2D eigenvalue weighted by molar-refractivity contribution is 5.91. The summed E-state index contributed by atoms with van der Waals surface area (Å²) < 4.78 is 20.2. The van der Waals surface area contributed by atoms with Crippen molar-refractivity contribution < 1.29 is 23.7 Å². The quantitative estimate of drug-likeness (QED) is 0.732. The van der Waals surface area contributed by atoms with E-state index in [0.29, 0.717) is 22.8 Å². The molecule has 0 aliphatic carbocycles. The average molecular weight is 239 g/mol. The molecule has 0 N–H and O–H groups in total. The van der Waals surface area contributed by atoms with E-state index in [1.165, 1.54) is 33.5 Å². The van der Waals surface area contributed by atoms with Crippen molar-refractivity contribution in [2.45, 2.75) is 0 Å². The molecule has 0 unspecified atom stereocenters. The maximum atomic E-state index is 11.6. The van der Waals surface area contributed by atoms with E-state index < -0.39 is 5.97 Å². The van der Waals surface area contributed by atoms with E-state index in [0.717, 1.165) is 0 Å². The van der Waals surface area contributed by atoms with Crippen LogP contribution in [-0.2, 0) is 4.74 Å². The number of benzene rings is 1. The van der Waals surface area contributed by atoms with Gasteiger partial charge in [0.2, 0.25) is 5.75 Å². The molecule has 5 nitrogen and oxygen atoms in total. The van der Waals surface area contributed by atoms with Crippen LogP contribution >= 0.6 is 0 Å². The molecule has 0 amide bonds. The fourth-order valence-electron chi connectivity index (χ4n) is 1.37. The number of hydrogen-bond donors (Lipinski definition) is 0. The van der Waals surface area contributed by atoms with Crippen LogP contribution in [-0.4, -0.2) is 33.9 Å². The smallest absolute Gasteiger partial charge is 0.338 e. The molecular weight excluding hydrogens is 224 g/mol. The van der Waals surface area contributed by atoms with Crippen LogP contribution in [0.4, 0.5) is 0 Å². The van der Waals surface area contributed by atoms with Crippen molar-refractivity contribution in [3.8, 4) is 17.2 Å². The molecule has 0 atom stereocenters. The minimum atomic E-state index is -0.487. The summed E-state index contributed by atoms with van der Waals surface area (Å²) in [5.74, 6) is 0.756. The van der Waals surface area contributed by atoms with Gasteiger partial charge in [-0.25, -0.2) is 4.79 Å². The standard InChI is InChI=1S/C12H15O5/c1-5-17-12(13)8-6-9(14-2)11(16-4)10(7-8)15-3/h6-7H,1,5H2,2-4H3. The lowest BCUT2D eigenvalue weighted by atomic mass is 10.2. The Morgan fingerprint density at radius 3 is 2.00 bits per heavy atom. The number of ether oxygens (including phenoxy) is 4. The summed E-state index contributed by atoms with van der Waals surface area (Å²) >= 11 is 0. The van der Waals surface area contributed by atoms with Gasteiger partial charge in [0.05, 0.1) is 33.5 Å². The second-order valence-electron chi connectivity index (χ2n) is 3.05. The van der Waals surface area contributed by atoms with Gasteiger partial charge in [0.25, 0.3) is 0 Å². The zero-order chi connectivity index (χ0) is 12.8. The van der Waals surface area contributed by atoms with E-state index in [1.54, 1.807) is 0 Å². The third-order valence-electron chi connectivity index (χ3n) is 2.13. The predicted molar refractivity (Wildman–Crippen MR) is 61.7 cm³/mol. The zero-order valence-corrected chi connectivity index (χ0v) is 10.1. The van der Waals surface area contributed by atoms with Crippen molar-refractivity contribution in [1.82, 2.24) is 0 Å². The van der Waals surface area contributed by atoms with Gasteiger partial charge in [0.15, 0.2) is 11.5 Å². The lowest BCUT2D eigenvalue weighted by Gasteiger charge is -2.13. The minimum Gasteiger partial charge on any atom is -0.493 e. The lowest BCUT2D eigenvalue weighted by molar-refractivity contribution is 0.0546. The molecule has 5 heteroatoms. The number of carbonyl (C=O) groups is 1. The Morgan fingerprint density at radius 2 is 1.65 bits per heavy atom. The second-order valence-corrected chi connectivity index (χ2v) is 3.05. The number of carbonyl (C=O) groups excluding carboxylic acids is 1. The zero-order valence-electron chi connectivity index (χ0n) is 10.1. The maximum Gasteiger partial charge on any atom is 0.338 e. The van der Waals surface area contributed by atoms with Crippen LogP contribution in [0.25, 0.3) is 0 Å². The summed E-state index contributed by atoms with van der Waals surface area (Å²) in [4.78, 5) is 11.6. The molecule has 0 heterocycles. The molecular formula is C12H15O5. The fraction of sp³-hybridized carbons (Fsp3) is 0.333. The van der Waals surface area contributed by atoms with Crippen LogP contribution in [0.15, 0.2) is 12.1 Å². The van der Waals surface area contributed by atoms with Crippen molar-refractivity contribution in [3.63, 3.8) is 0 Å². The van der Waals surface area contributed by atoms with Gasteiger partial charge < -0.3 is 18.9 Å². The number of rotatable bonds is 5. The highest BCUT2D eigenvalue weighted by Gasteiger charge is 2.17. The topological polar surface area (TPSA) is 54.0 Å². The SMILES string of the molecule is [CH2]COC(=O)c1cc(OC)c(OC)c(OC)c1. The van der Waals surface area contributed by atoms with Crippen LogP contribution in [0.5, 0.6) is 17.2 Å². The van der Waals surface area contributed by atoms with Gasteiger partial charge in [-0.3, -0.25) is 0 Å². The molecule has 0 aliphatic heterocycles. The van der Waals surface area contributed by atoms with E-state index in [4.69, 9.17) is 18.9 Å². The third-order valence-corrected chi connectivity index (χ3v) is 2.13. The summed E-state index contributed by atoms with van der Waals surface area (Å²) in [5.41, 5.74) is 0.322. The van der Waals surface area contributed by atoms with Crippen molar-refractivity contribution in [2.24, 2.45) is 0 Å². The highest BCUT2D eigenvalue weighted by Crippen LogP contribution is 2.38. The number of methoxy groups -OCH3 is 3. The minimum absolute atomic E-state index is 0.0650. The Labute approximate surface area is 100 Å². The van der Waals surface area contributed by atoms with Crippen LogP contribution in [0, 0.1) is 6.92 Å². The second kappa shape index (κ2) is 5.98. The molecule has 0 saturated carbocycles. The van der Waals surface area contributed by atoms with Gasteiger partial charge in [-0.05, 0) is 19.1 Å².